The average Bonchev–Trinajstić information content (AvgIpc) is 2.87. The number of rotatable bonds is 2. The molecule has 0 saturated heterocycles. The van der Waals surface area contributed by atoms with Gasteiger partial charge in [-0.2, -0.15) is 0 Å². The molecular formula is C14H16N2O. The van der Waals surface area contributed by atoms with Gasteiger partial charge in [0.15, 0.2) is 0 Å². The molecule has 0 bridgehead atoms. The minimum atomic E-state index is -0.383. The Labute approximate surface area is 101 Å². The van der Waals surface area contributed by atoms with E-state index in [2.05, 4.69) is 21.7 Å². The fourth-order valence-electron chi connectivity index (χ4n) is 2.59. The molecule has 0 saturated carbocycles. The summed E-state index contributed by atoms with van der Waals surface area (Å²) in [5.74, 6) is 0.224. The van der Waals surface area contributed by atoms with Crippen molar-refractivity contribution >= 4 is 0 Å². The number of aliphatic hydroxyl groups is 1. The standard InChI is InChI=1S/C14H16N2O/c1-9(2)14(17)13-11-6-4-3-5-10(11)12-7-15-8-16(12)13/h3-9,13-14,17H,1-2H3/t13-,14?/m0/s1. The van der Waals surface area contributed by atoms with Gasteiger partial charge in [-0.3, -0.25) is 0 Å². The quantitative estimate of drug-likeness (QED) is 0.857. The summed E-state index contributed by atoms with van der Waals surface area (Å²) in [5.41, 5.74) is 3.49. The summed E-state index contributed by atoms with van der Waals surface area (Å²) in [6, 6.07) is 8.25. The van der Waals surface area contributed by atoms with E-state index in [1.807, 2.05) is 38.5 Å². The van der Waals surface area contributed by atoms with Gasteiger partial charge in [-0.1, -0.05) is 38.1 Å². The molecule has 0 amide bonds. The minimum absolute atomic E-state index is 0.00343. The maximum Gasteiger partial charge on any atom is 0.0957 e. The molecule has 1 aromatic heterocycles. The molecule has 1 N–H and O–H groups in total. The topological polar surface area (TPSA) is 38.1 Å². The molecule has 17 heavy (non-hydrogen) atoms. The van der Waals surface area contributed by atoms with Gasteiger partial charge in [0.25, 0.3) is 0 Å². The molecule has 1 aromatic carbocycles. The van der Waals surface area contributed by atoms with Crippen LogP contribution >= 0.6 is 0 Å². The second-order valence-corrected chi connectivity index (χ2v) is 4.95. The largest absolute Gasteiger partial charge is 0.390 e. The SMILES string of the molecule is CC(C)C(O)[C@@H]1c2ccccc2-c2cncn21. The first-order valence-corrected chi connectivity index (χ1v) is 5.99. The van der Waals surface area contributed by atoms with Crippen LogP contribution < -0.4 is 0 Å². The zero-order chi connectivity index (χ0) is 12.0. The van der Waals surface area contributed by atoms with Gasteiger partial charge in [-0.25, -0.2) is 4.98 Å². The summed E-state index contributed by atoms with van der Waals surface area (Å²) >= 11 is 0. The van der Waals surface area contributed by atoms with Crippen LogP contribution in [0.3, 0.4) is 0 Å². The maximum absolute atomic E-state index is 10.4. The molecule has 2 atom stereocenters. The normalized spacial score (nSPS) is 19.2. The lowest BCUT2D eigenvalue weighted by Gasteiger charge is -2.24. The lowest BCUT2D eigenvalue weighted by molar-refractivity contribution is 0.0880. The molecule has 1 aliphatic heterocycles. The summed E-state index contributed by atoms with van der Waals surface area (Å²) < 4.78 is 2.08. The number of hydrogen-bond acceptors (Lipinski definition) is 2. The van der Waals surface area contributed by atoms with Gasteiger partial charge in [0, 0.05) is 5.56 Å². The highest BCUT2D eigenvalue weighted by Crippen LogP contribution is 2.41. The van der Waals surface area contributed by atoms with Crippen LogP contribution in [-0.4, -0.2) is 20.8 Å². The molecule has 0 radical (unpaired) electrons. The maximum atomic E-state index is 10.4. The first kappa shape index (κ1) is 10.5. The predicted molar refractivity (Wildman–Crippen MR) is 66.6 cm³/mol. The molecule has 0 fully saturated rings. The molecule has 1 aliphatic rings. The molecule has 0 aliphatic carbocycles. The predicted octanol–water partition coefficient (Wildman–Crippen LogP) is 2.47. The van der Waals surface area contributed by atoms with Crippen LogP contribution in [0.1, 0.15) is 25.5 Å². The lowest BCUT2D eigenvalue weighted by Crippen LogP contribution is -2.27. The Bertz CT molecular complexity index is 545. The van der Waals surface area contributed by atoms with Crippen molar-refractivity contribution in [2.45, 2.75) is 26.0 Å². The van der Waals surface area contributed by atoms with Crippen molar-refractivity contribution < 1.29 is 5.11 Å². The zero-order valence-electron chi connectivity index (χ0n) is 10.0. The van der Waals surface area contributed by atoms with Gasteiger partial charge in [-0.15, -0.1) is 0 Å². The van der Waals surface area contributed by atoms with Crippen LogP contribution in [0.5, 0.6) is 0 Å². The fraction of sp³-hybridized carbons (Fsp3) is 0.357. The zero-order valence-corrected chi connectivity index (χ0v) is 10.0. The first-order valence-electron chi connectivity index (χ1n) is 5.99. The van der Waals surface area contributed by atoms with Crippen LogP contribution in [0.15, 0.2) is 36.8 Å². The smallest absolute Gasteiger partial charge is 0.0957 e. The third kappa shape index (κ3) is 1.42. The molecular weight excluding hydrogens is 212 g/mol. The van der Waals surface area contributed by atoms with E-state index in [1.54, 1.807) is 0 Å². The summed E-state index contributed by atoms with van der Waals surface area (Å²) in [5, 5.41) is 10.4. The number of nitrogens with zero attached hydrogens (tertiary/aromatic N) is 2. The van der Waals surface area contributed by atoms with E-state index < -0.39 is 0 Å². The number of aromatic nitrogens is 2. The van der Waals surface area contributed by atoms with Crippen molar-refractivity contribution in [3.63, 3.8) is 0 Å². The third-order valence-corrected chi connectivity index (χ3v) is 3.53. The number of fused-ring (bicyclic) bond motifs is 3. The fourth-order valence-corrected chi connectivity index (χ4v) is 2.59. The van der Waals surface area contributed by atoms with Crippen molar-refractivity contribution in [1.29, 1.82) is 0 Å². The molecule has 3 heteroatoms. The Morgan fingerprint density at radius 3 is 2.82 bits per heavy atom. The monoisotopic (exact) mass is 228 g/mol. The van der Waals surface area contributed by atoms with E-state index >= 15 is 0 Å². The molecule has 3 nitrogen and oxygen atoms in total. The minimum Gasteiger partial charge on any atom is -0.390 e. The Kier molecular flexibility index (Phi) is 2.30. The summed E-state index contributed by atoms with van der Waals surface area (Å²) in [6.45, 7) is 4.09. The van der Waals surface area contributed by atoms with Crippen LogP contribution in [0, 0.1) is 5.92 Å². The highest BCUT2D eigenvalue weighted by molar-refractivity contribution is 5.69. The van der Waals surface area contributed by atoms with Gasteiger partial charge >= 0.3 is 0 Å². The van der Waals surface area contributed by atoms with E-state index in [9.17, 15) is 5.11 Å². The number of benzene rings is 1. The van der Waals surface area contributed by atoms with Crippen LogP contribution in [-0.2, 0) is 0 Å². The summed E-state index contributed by atoms with van der Waals surface area (Å²) in [6.07, 6.45) is 3.30. The van der Waals surface area contributed by atoms with E-state index in [-0.39, 0.29) is 18.1 Å². The Hall–Kier alpha value is -1.61. The Morgan fingerprint density at radius 2 is 2.06 bits per heavy atom. The van der Waals surface area contributed by atoms with Gasteiger partial charge < -0.3 is 9.67 Å². The highest BCUT2D eigenvalue weighted by atomic mass is 16.3. The summed E-state index contributed by atoms with van der Waals surface area (Å²) in [4.78, 5) is 4.19. The van der Waals surface area contributed by atoms with Crippen molar-refractivity contribution in [1.82, 2.24) is 9.55 Å². The number of aliphatic hydroxyl groups excluding tert-OH is 1. The van der Waals surface area contributed by atoms with Gasteiger partial charge in [0.2, 0.25) is 0 Å². The van der Waals surface area contributed by atoms with Crippen LogP contribution in [0.4, 0.5) is 0 Å². The second kappa shape index (κ2) is 3.70. The lowest BCUT2D eigenvalue weighted by atomic mass is 9.93. The number of hydrogen-bond donors (Lipinski definition) is 1. The molecule has 2 heterocycles. The van der Waals surface area contributed by atoms with Gasteiger partial charge in [-0.05, 0) is 11.5 Å². The second-order valence-electron chi connectivity index (χ2n) is 4.95. The van der Waals surface area contributed by atoms with E-state index in [0.717, 1.165) is 5.69 Å². The average molecular weight is 228 g/mol. The Morgan fingerprint density at radius 1 is 1.29 bits per heavy atom. The van der Waals surface area contributed by atoms with E-state index in [0.29, 0.717) is 0 Å². The van der Waals surface area contributed by atoms with E-state index in [1.165, 1.54) is 11.1 Å². The molecule has 88 valence electrons. The molecule has 2 aromatic rings. The van der Waals surface area contributed by atoms with Gasteiger partial charge in [0.05, 0.1) is 30.4 Å². The van der Waals surface area contributed by atoms with Crippen LogP contribution in [0.25, 0.3) is 11.3 Å². The van der Waals surface area contributed by atoms with Crippen molar-refractivity contribution in [3.8, 4) is 11.3 Å². The molecule has 1 unspecified atom stereocenters. The highest BCUT2D eigenvalue weighted by Gasteiger charge is 2.34. The summed E-state index contributed by atoms with van der Waals surface area (Å²) in [7, 11) is 0. The van der Waals surface area contributed by atoms with Gasteiger partial charge in [0.1, 0.15) is 0 Å². The Balaban J connectivity index is 2.17. The number of imidazole rings is 1. The van der Waals surface area contributed by atoms with Crippen LogP contribution in [0.2, 0.25) is 0 Å². The molecule has 3 rings (SSSR count). The first-order chi connectivity index (χ1) is 8.20. The van der Waals surface area contributed by atoms with E-state index in [4.69, 9.17) is 0 Å². The van der Waals surface area contributed by atoms with Crippen molar-refractivity contribution in [3.05, 3.63) is 42.4 Å². The van der Waals surface area contributed by atoms with Crippen molar-refractivity contribution in [2.75, 3.05) is 0 Å². The van der Waals surface area contributed by atoms with Crippen molar-refractivity contribution in [2.24, 2.45) is 5.92 Å². The third-order valence-electron chi connectivity index (χ3n) is 3.53. The molecule has 0 spiro atoms.